The summed E-state index contributed by atoms with van der Waals surface area (Å²) in [5.74, 6) is 0. The molecule has 0 saturated heterocycles. The minimum absolute atomic E-state index is 0. The number of hydrogen-bond acceptors (Lipinski definition) is 1. The summed E-state index contributed by atoms with van der Waals surface area (Å²) >= 11 is 0. The fourth-order valence-corrected chi connectivity index (χ4v) is 1.02. The molecule has 0 radical (unpaired) electrons. The van der Waals surface area contributed by atoms with Gasteiger partial charge in [-0.3, -0.25) is 0 Å². The molecular formula is C8H17BF3KO. The average Bonchev–Trinajstić information content (AvgIpc) is 2.01. The molecule has 6 heteroatoms. The quantitative estimate of drug-likeness (QED) is 0.437. The predicted molar refractivity (Wildman–Crippen MR) is 48.7 cm³/mol. The van der Waals surface area contributed by atoms with Gasteiger partial charge in [0.25, 0.3) is 0 Å². The van der Waals surface area contributed by atoms with Crippen molar-refractivity contribution in [2.24, 2.45) is 0 Å². The first-order chi connectivity index (χ1) is 6.06. The van der Waals surface area contributed by atoms with Crippen LogP contribution in [0, 0.1) is 0 Å². The Kier molecular flexibility index (Phi) is 14.0. The Balaban J connectivity index is 0. The largest absolute Gasteiger partial charge is 1.00 e. The van der Waals surface area contributed by atoms with Gasteiger partial charge in [-0.25, -0.2) is 0 Å². The van der Waals surface area contributed by atoms with Gasteiger partial charge in [-0.2, -0.15) is 0 Å². The third-order valence-corrected chi connectivity index (χ3v) is 1.70. The molecule has 0 fully saturated rings. The zero-order valence-corrected chi connectivity index (χ0v) is 12.2. The molecule has 80 valence electrons. The molecule has 14 heavy (non-hydrogen) atoms. The van der Waals surface area contributed by atoms with Crippen molar-refractivity contribution in [1.82, 2.24) is 0 Å². The summed E-state index contributed by atoms with van der Waals surface area (Å²) in [6.07, 6.45) is 5.11. The monoisotopic (exact) mass is 236 g/mol. The summed E-state index contributed by atoms with van der Waals surface area (Å²) in [6, 6.07) is 0. The van der Waals surface area contributed by atoms with Crippen molar-refractivity contribution in [3.8, 4) is 0 Å². The molecule has 0 aromatic rings. The molecule has 0 aromatic carbocycles. The smallest absolute Gasteiger partial charge is 0.447 e. The third-order valence-electron chi connectivity index (χ3n) is 1.70. The van der Waals surface area contributed by atoms with Gasteiger partial charge in [0.15, 0.2) is 0 Å². The molecule has 1 nitrogen and oxygen atoms in total. The zero-order valence-electron chi connectivity index (χ0n) is 9.07. The van der Waals surface area contributed by atoms with E-state index in [9.17, 15) is 12.9 Å². The summed E-state index contributed by atoms with van der Waals surface area (Å²) in [7, 11) is 0. The first-order valence-electron chi connectivity index (χ1n) is 4.85. The Morgan fingerprint density at radius 3 is 2.07 bits per heavy atom. The standard InChI is InChI=1S/C8H17BF3O.K/c1-2-3-4-5-6-7-13-8-9(10,11)12;/h2-8H2,1H3;/q-1;+1. The molecule has 0 N–H and O–H groups in total. The van der Waals surface area contributed by atoms with Gasteiger partial charge < -0.3 is 17.7 Å². The summed E-state index contributed by atoms with van der Waals surface area (Å²) in [4.78, 5) is 0. The fourth-order valence-electron chi connectivity index (χ4n) is 1.02. The SMILES string of the molecule is CCCCCCCOC[B-](F)(F)F.[K+]. The summed E-state index contributed by atoms with van der Waals surface area (Å²) in [5, 5.41) is 0. The predicted octanol–water partition coefficient (Wildman–Crippen LogP) is 0.364. The van der Waals surface area contributed by atoms with Crippen molar-refractivity contribution in [3.63, 3.8) is 0 Å². The van der Waals surface area contributed by atoms with Gasteiger partial charge in [-0.1, -0.05) is 32.6 Å². The van der Waals surface area contributed by atoms with Gasteiger partial charge >= 0.3 is 58.4 Å². The number of ether oxygens (including phenoxy) is 1. The molecule has 0 aromatic heterocycles. The van der Waals surface area contributed by atoms with E-state index >= 15 is 0 Å². The van der Waals surface area contributed by atoms with Crippen LogP contribution in [0.2, 0.25) is 0 Å². The number of unbranched alkanes of at least 4 members (excludes halogenated alkanes) is 4. The average molecular weight is 236 g/mol. The van der Waals surface area contributed by atoms with Crippen LogP contribution in [-0.2, 0) is 4.74 Å². The molecule has 0 spiro atoms. The van der Waals surface area contributed by atoms with E-state index in [1.165, 1.54) is 0 Å². The van der Waals surface area contributed by atoms with Crippen molar-refractivity contribution in [2.75, 3.05) is 13.1 Å². The molecule has 0 rings (SSSR count). The van der Waals surface area contributed by atoms with E-state index in [4.69, 9.17) is 0 Å². The Bertz CT molecular complexity index is 122. The van der Waals surface area contributed by atoms with Crippen LogP contribution in [0.1, 0.15) is 39.0 Å². The van der Waals surface area contributed by atoms with Crippen LogP contribution >= 0.6 is 0 Å². The maximum Gasteiger partial charge on any atom is 1.00 e. The number of halogens is 3. The first kappa shape index (κ1) is 17.8. The van der Waals surface area contributed by atoms with E-state index in [1.54, 1.807) is 0 Å². The van der Waals surface area contributed by atoms with Gasteiger partial charge in [-0.15, -0.1) is 0 Å². The molecule has 0 amide bonds. The topological polar surface area (TPSA) is 9.23 Å². The van der Waals surface area contributed by atoms with Crippen molar-refractivity contribution in [3.05, 3.63) is 0 Å². The van der Waals surface area contributed by atoms with Gasteiger partial charge in [0.05, 0.1) is 0 Å². The zero-order chi connectivity index (χ0) is 10.2. The molecule has 0 heterocycles. The first-order valence-corrected chi connectivity index (χ1v) is 4.85. The van der Waals surface area contributed by atoms with Gasteiger partial charge in [0.1, 0.15) is 0 Å². The van der Waals surface area contributed by atoms with E-state index in [0.29, 0.717) is 0 Å². The summed E-state index contributed by atoms with van der Waals surface area (Å²) < 4.78 is 39.4. The minimum Gasteiger partial charge on any atom is -0.447 e. The molecule has 0 saturated carbocycles. The molecular weight excluding hydrogens is 219 g/mol. The van der Waals surface area contributed by atoms with Gasteiger partial charge in [-0.05, 0) is 6.42 Å². The second-order valence-electron chi connectivity index (χ2n) is 3.20. The van der Waals surface area contributed by atoms with Crippen LogP contribution < -0.4 is 51.4 Å². The molecule has 0 atom stereocenters. The van der Waals surface area contributed by atoms with E-state index < -0.39 is 13.5 Å². The third kappa shape index (κ3) is 15.9. The second kappa shape index (κ2) is 11.0. The Labute approximate surface area is 127 Å². The van der Waals surface area contributed by atoms with Crippen LogP contribution in [0.3, 0.4) is 0 Å². The summed E-state index contributed by atoms with van der Waals surface area (Å²) in [6.45, 7) is -3.46. The number of rotatable bonds is 8. The van der Waals surface area contributed by atoms with Crippen molar-refractivity contribution in [2.45, 2.75) is 39.0 Å². The van der Waals surface area contributed by atoms with Crippen LogP contribution in [0.5, 0.6) is 0 Å². The maximum absolute atomic E-state index is 11.6. The van der Waals surface area contributed by atoms with Crippen molar-refractivity contribution in [1.29, 1.82) is 0 Å². The Morgan fingerprint density at radius 2 is 1.57 bits per heavy atom. The van der Waals surface area contributed by atoms with Crippen molar-refractivity contribution >= 4 is 6.98 Å². The van der Waals surface area contributed by atoms with Gasteiger partial charge in [0.2, 0.25) is 0 Å². The van der Waals surface area contributed by atoms with E-state index in [-0.39, 0.29) is 58.0 Å². The number of hydrogen-bond donors (Lipinski definition) is 0. The molecule has 0 aliphatic carbocycles. The maximum atomic E-state index is 11.6. The van der Waals surface area contributed by atoms with Crippen LogP contribution in [0.25, 0.3) is 0 Å². The van der Waals surface area contributed by atoms with Crippen molar-refractivity contribution < 1.29 is 69.1 Å². The molecule has 0 unspecified atom stereocenters. The Morgan fingerprint density at radius 1 is 1.00 bits per heavy atom. The minimum atomic E-state index is -4.75. The van der Waals surface area contributed by atoms with Crippen LogP contribution in [-0.4, -0.2) is 20.1 Å². The normalized spacial score (nSPS) is 11.1. The molecule has 0 aliphatic heterocycles. The van der Waals surface area contributed by atoms with Crippen LogP contribution in [0.15, 0.2) is 0 Å². The van der Waals surface area contributed by atoms with Crippen LogP contribution in [0.4, 0.5) is 12.9 Å². The molecule has 0 bridgehead atoms. The van der Waals surface area contributed by atoms with E-state index in [2.05, 4.69) is 11.7 Å². The van der Waals surface area contributed by atoms with E-state index in [0.717, 1.165) is 32.1 Å². The fraction of sp³-hybridized carbons (Fsp3) is 1.00. The van der Waals surface area contributed by atoms with E-state index in [1.807, 2.05) is 0 Å². The van der Waals surface area contributed by atoms with Gasteiger partial charge in [0, 0.05) is 13.1 Å². The molecule has 0 aliphatic rings. The summed E-state index contributed by atoms with van der Waals surface area (Å²) in [5.41, 5.74) is 0. The Hall–Kier alpha value is 1.45. The second-order valence-corrected chi connectivity index (χ2v) is 3.20.